The highest BCUT2D eigenvalue weighted by Gasteiger charge is 2.50. The summed E-state index contributed by atoms with van der Waals surface area (Å²) >= 11 is 0. The van der Waals surface area contributed by atoms with E-state index in [1.54, 1.807) is 6.08 Å². The molecule has 9 N–H and O–H groups in total. The van der Waals surface area contributed by atoms with E-state index in [9.17, 15) is 45.6 Å². The van der Waals surface area contributed by atoms with E-state index in [0.29, 0.717) is 12.8 Å². The smallest absolute Gasteiger partial charge is 0.220 e. The molecule has 348 valence electrons. The number of hydrogen-bond acceptors (Lipinski definition) is 13. The Morgan fingerprint density at radius 2 is 1.08 bits per heavy atom. The van der Waals surface area contributed by atoms with Gasteiger partial charge in [-0.05, 0) is 64.2 Å². The molecule has 2 rings (SSSR count). The number of carbonyl (C=O) groups is 1. The van der Waals surface area contributed by atoms with Crippen molar-refractivity contribution in [3.8, 4) is 0 Å². The second kappa shape index (κ2) is 33.5. The topological polar surface area (TPSA) is 228 Å². The van der Waals surface area contributed by atoms with Crippen molar-refractivity contribution in [2.75, 3.05) is 19.8 Å². The van der Waals surface area contributed by atoms with Gasteiger partial charge in [-0.3, -0.25) is 4.79 Å². The molecule has 2 aliphatic rings. The van der Waals surface area contributed by atoms with E-state index in [1.165, 1.54) is 44.9 Å². The zero-order chi connectivity index (χ0) is 44.0. The fraction of sp³-hybridized carbons (Fsp3) is 0.804. The van der Waals surface area contributed by atoms with Gasteiger partial charge in [-0.2, -0.15) is 0 Å². The second-order valence-electron chi connectivity index (χ2n) is 16.2. The van der Waals surface area contributed by atoms with Crippen LogP contribution in [0.25, 0.3) is 0 Å². The Labute approximate surface area is 359 Å². The standard InChI is InChI=1S/C46H81NO13/c1-3-5-7-9-11-13-15-16-17-18-20-21-23-25-27-29-35(50)34(47-38(51)30-28-26-24-22-19-14-12-10-8-6-4-2)33-57-45-43(56)41(54)44(37(32-49)59-45)60-46-42(55)40(53)39(52)36(31-48)58-46/h10,12,15-16,20-21,27,29,34-37,39-46,48-50,52-56H,3-9,11,13-14,17-19,22-26,28,30-33H2,1-2H3,(H,47,51)/b12-10-,16-15+,21-20+,29-27+. The first kappa shape index (κ1) is 54.1. The van der Waals surface area contributed by atoms with Gasteiger partial charge in [0.15, 0.2) is 12.6 Å². The molecule has 0 saturated carbocycles. The van der Waals surface area contributed by atoms with Crippen molar-refractivity contribution in [1.82, 2.24) is 5.32 Å². The molecule has 0 radical (unpaired) electrons. The van der Waals surface area contributed by atoms with Crippen LogP contribution in [0, 0.1) is 0 Å². The minimum Gasteiger partial charge on any atom is -0.394 e. The molecule has 12 unspecified atom stereocenters. The van der Waals surface area contributed by atoms with Crippen LogP contribution in [0.1, 0.15) is 142 Å². The minimum absolute atomic E-state index is 0.258. The number of unbranched alkanes of at least 4 members (excludes halogenated alkanes) is 14. The van der Waals surface area contributed by atoms with E-state index in [4.69, 9.17) is 18.9 Å². The molecule has 2 heterocycles. The van der Waals surface area contributed by atoms with Crippen molar-refractivity contribution in [3.05, 3.63) is 48.6 Å². The van der Waals surface area contributed by atoms with Crippen LogP contribution in [-0.2, 0) is 23.7 Å². The molecule has 2 saturated heterocycles. The van der Waals surface area contributed by atoms with E-state index < -0.39 is 86.8 Å². The zero-order valence-corrected chi connectivity index (χ0v) is 36.4. The van der Waals surface area contributed by atoms with Crippen molar-refractivity contribution >= 4 is 5.91 Å². The molecule has 0 aliphatic carbocycles. The average molecular weight is 856 g/mol. The minimum atomic E-state index is -1.79. The fourth-order valence-electron chi connectivity index (χ4n) is 7.12. The number of amides is 1. The first-order valence-electron chi connectivity index (χ1n) is 22.9. The molecule has 60 heavy (non-hydrogen) atoms. The van der Waals surface area contributed by atoms with Gasteiger partial charge in [-0.15, -0.1) is 0 Å². The van der Waals surface area contributed by atoms with Crippen LogP contribution in [0.2, 0.25) is 0 Å². The average Bonchev–Trinajstić information content (AvgIpc) is 3.24. The lowest BCUT2D eigenvalue weighted by atomic mass is 9.97. The molecule has 0 aromatic carbocycles. The highest BCUT2D eigenvalue weighted by molar-refractivity contribution is 5.76. The molecule has 2 fully saturated rings. The predicted octanol–water partition coefficient (Wildman–Crippen LogP) is 4.54. The van der Waals surface area contributed by atoms with E-state index in [0.717, 1.165) is 64.2 Å². The third-order valence-electron chi connectivity index (χ3n) is 11.0. The van der Waals surface area contributed by atoms with Crippen molar-refractivity contribution < 1.29 is 64.6 Å². The Bertz CT molecular complexity index is 1200. The quantitative estimate of drug-likeness (QED) is 0.0327. The maximum atomic E-state index is 13.1. The molecule has 1 amide bonds. The van der Waals surface area contributed by atoms with Crippen LogP contribution in [0.4, 0.5) is 0 Å². The third kappa shape index (κ3) is 21.4. The molecular weight excluding hydrogens is 774 g/mol. The number of rotatable bonds is 33. The van der Waals surface area contributed by atoms with Crippen LogP contribution in [0.15, 0.2) is 48.6 Å². The molecular formula is C46H81NO13. The molecule has 2 aliphatic heterocycles. The van der Waals surface area contributed by atoms with Crippen LogP contribution < -0.4 is 5.32 Å². The second-order valence-corrected chi connectivity index (χ2v) is 16.2. The van der Waals surface area contributed by atoms with Crippen molar-refractivity contribution in [1.29, 1.82) is 0 Å². The number of carbonyl (C=O) groups excluding carboxylic acids is 1. The number of hydrogen-bond donors (Lipinski definition) is 9. The van der Waals surface area contributed by atoms with Crippen molar-refractivity contribution in [2.45, 2.75) is 216 Å². The third-order valence-corrected chi connectivity index (χ3v) is 11.0. The zero-order valence-electron chi connectivity index (χ0n) is 36.4. The number of ether oxygens (including phenoxy) is 4. The summed E-state index contributed by atoms with van der Waals surface area (Å²) in [5.41, 5.74) is 0. The first-order chi connectivity index (χ1) is 29.1. The number of allylic oxidation sites excluding steroid dienone is 7. The molecule has 0 bridgehead atoms. The van der Waals surface area contributed by atoms with Gasteiger partial charge in [0.1, 0.15) is 48.8 Å². The summed E-state index contributed by atoms with van der Waals surface area (Å²) in [6, 6.07) is -0.939. The lowest BCUT2D eigenvalue weighted by Crippen LogP contribution is -2.65. The van der Waals surface area contributed by atoms with Crippen molar-refractivity contribution in [2.24, 2.45) is 0 Å². The van der Waals surface area contributed by atoms with Crippen LogP contribution in [-0.4, -0.2) is 140 Å². The normalized spacial score (nSPS) is 28.7. The lowest BCUT2D eigenvalue weighted by Gasteiger charge is -2.46. The molecule has 0 aromatic rings. The Morgan fingerprint density at radius 3 is 1.68 bits per heavy atom. The maximum Gasteiger partial charge on any atom is 0.220 e. The molecule has 12 atom stereocenters. The molecule has 0 aromatic heterocycles. The highest BCUT2D eigenvalue weighted by Crippen LogP contribution is 2.30. The van der Waals surface area contributed by atoms with Gasteiger partial charge < -0.3 is 65.1 Å². The predicted molar refractivity (Wildman–Crippen MR) is 231 cm³/mol. The number of nitrogens with one attached hydrogen (secondary N) is 1. The van der Waals surface area contributed by atoms with Gasteiger partial charge >= 0.3 is 0 Å². The Balaban J connectivity index is 1.94. The van der Waals surface area contributed by atoms with E-state index in [-0.39, 0.29) is 18.9 Å². The number of aliphatic hydroxyl groups excluding tert-OH is 8. The molecule has 14 heteroatoms. The number of aliphatic hydroxyl groups is 8. The Hall–Kier alpha value is -2.05. The van der Waals surface area contributed by atoms with Gasteiger partial charge in [0.2, 0.25) is 5.91 Å². The van der Waals surface area contributed by atoms with Gasteiger partial charge in [0, 0.05) is 6.42 Å². The van der Waals surface area contributed by atoms with E-state index in [1.807, 2.05) is 6.08 Å². The van der Waals surface area contributed by atoms with E-state index in [2.05, 4.69) is 55.6 Å². The Morgan fingerprint density at radius 1 is 0.583 bits per heavy atom. The largest absolute Gasteiger partial charge is 0.394 e. The SMILES string of the molecule is CCCC/C=C\CCCCCCCC(=O)NC(COC1OC(CO)C(OC2OC(CO)C(O)C(O)C2O)C(O)C1O)C(O)/C=C/CC/C=C/CC/C=C/CCCCCCC. The lowest BCUT2D eigenvalue weighted by molar-refractivity contribution is -0.359. The van der Waals surface area contributed by atoms with Gasteiger partial charge in [-0.1, -0.05) is 120 Å². The van der Waals surface area contributed by atoms with Gasteiger partial charge in [-0.25, -0.2) is 0 Å². The molecule has 0 spiro atoms. The summed E-state index contributed by atoms with van der Waals surface area (Å²) in [7, 11) is 0. The highest BCUT2D eigenvalue weighted by atomic mass is 16.7. The summed E-state index contributed by atoms with van der Waals surface area (Å²) in [6.07, 6.45) is 20.2. The summed E-state index contributed by atoms with van der Waals surface area (Å²) in [5, 5.41) is 86.4. The maximum absolute atomic E-state index is 13.1. The fourth-order valence-corrected chi connectivity index (χ4v) is 7.12. The summed E-state index contributed by atoms with van der Waals surface area (Å²) in [4.78, 5) is 13.1. The monoisotopic (exact) mass is 856 g/mol. The Kier molecular flexibility index (Phi) is 30.2. The summed E-state index contributed by atoms with van der Waals surface area (Å²) < 4.78 is 22.6. The van der Waals surface area contributed by atoms with Crippen LogP contribution >= 0.6 is 0 Å². The molecule has 14 nitrogen and oxygen atoms in total. The van der Waals surface area contributed by atoms with Crippen LogP contribution in [0.3, 0.4) is 0 Å². The summed E-state index contributed by atoms with van der Waals surface area (Å²) in [6.45, 7) is 2.66. The summed E-state index contributed by atoms with van der Waals surface area (Å²) in [5.74, 6) is -0.269. The van der Waals surface area contributed by atoms with Gasteiger partial charge in [0.25, 0.3) is 0 Å². The van der Waals surface area contributed by atoms with E-state index >= 15 is 0 Å². The first-order valence-corrected chi connectivity index (χ1v) is 22.9. The van der Waals surface area contributed by atoms with Crippen molar-refractivity contribution in [3.63, 3.8) is 0 Å². The van der Waals surface area contributed by atoms with Gasteiger partial charge in [0.05, 0.1) is 32.0 Å². The van der Waals surface area contributed by atoms with Crippen LogP contribution in [0.5, 0.6) is 0 Å².